The fraction of sp³-hybridized carbons (Fsp3) is 0.889. The minimum absolute atomic E-state index is 0.340. The Hall–Kier alpha value is 0.130. The van der Waals surface area contributed by atoms with Gasteiger partial charge in [-0.15, -0.1) is 0 Å². The topological polar surface area (TPSA) is 39.1 Å². The SMILES string of the molecule is CC[PH](C#N)(NCl)N(C(C)C)C(C)C. The Morgan fingerprint density at radius 2 is 1.79 bits per heavy atom. The molecule has 0 atom stereocenters. The van der Waals surface area contributed by atoms with Crippen molar-refractivity contribution in [3.63, 3.8) is 0 Å². The zero-order valence-corrected chi connectivity index (χ0v) is 11.4. The van der Waals surface area contributed by atoms with Crippen molar-refractivity contribution in [1.82, 2.24) is 9.28 Å². The number of rotatable bonds is 5. The number of nitriles is 1. The molecule has 0 aromatic rings. The Kier molecular flexibility index (Phi) is 5.93. The Labute approximate surface area is 93.0 Å². The molecule has 0 unspecified atom stereocenters. The number of hydrogen-bond acceptors (Lipinski definition) is 3. The van der Waals surface area contributed by atoms with Crippen LogP contribution in [-0.2, 0) is 0 Å². The van der Waals surface area contributed by atoms with Crippen LogP contribution in [0.1, 0.15) is 34.6 Å². The Morgan fingerprint density at radius 1 is 1.36 bits per heavy atom. The van der Waals surface area contributed by atoms with Gasteiger partial charge in [0.1, 0.15) is 0 Å². The molecule has 0 aromatic carbocycles. The van der Waals surface area contributed by atoms with E-state index in [1.165, 1.54) is 0 Å². The summed E-state index contributed by atoms with van der Waals surface area (Å²) in [6.07, 6.45) is 0.795. The molecular formula is C9H21ClN3P. The van der Waals surface area contributed by atoms with E-state index in [1.54, 1.807) is 0 Å². The van der Waals surface area contributed by atoms with Crippen LogP contribution in [0.4, 0.5) is 0 Å². The van der Waals surface area contributed by atoms with Crippen molar-refractivity contribution in [3.8, 4) is 5.81 Å². The Morgan fingerprint density at radius 3 is 1.86 bits per heavy atom. The zero-order valence-electron chi connectivity index (χ0n) is 9.63. The third-order valence-electron chi connectivity index (χ3n) is 2.41. The van der Waals surface area contributed by atoms with Gasteiger partial charge >= 0.3 is 92.6 Å². The van der Waals surface area contributed by atoms with E-state index in [0.29, 0.717) is 12.1 Å². The molecule has 5 heteroatoms. The predicted molar refractivity (Wildman–Crippen MR) is 65.6 cm³/mol. The standard InChI is InChI=1S/C9H21ClN3P/c1-6-14(7-11,12-10)13(8(2)3)9(4)5/h8-9,12,14H,6H2,1-5H3. The van der Waals surface area contributed by atoms with Crippen LogP contribution in [0.3, 0.4) is 0 Å². The summed E-state index contributed by atoms with van der Waals surface area (Å²) < 4.78 is 4.98. The van der Waals surface area contributed by atoms with Gasteiger partial charge < -0.3 is 0 Å². The van der Waals surface area contributed by atoms with E-state index in [4.69, 9.17) is 11.8 Å². The van der Waals surface area contributed by atoms with E-state index >= 15 is 0 Å². The van der Waals surface area contributed by atoms with Crippen LogP contribution in [0.2, 0.25) is 0 Å². The molecule has 0 radical (unpaired) electrons. The average molecular weight is 238 g/mol. The summed E-state index contributed by atoms with van der Waals surface area (Å²) in [6.45, 7) is 10.4. The molecule has 0 aliphatic heterocycles. The summed E-state index contributed by atoms with van der Waals surface area (Å²) >= 11 is 5.76. The normalized spacial score (nSPS) is 13.7. The molecule has 14 heavy (non-hydrogen) atoms. The van der Waals surface area contributed by atoms with Gasteiger partial charge in [-0.3, -0.25) is 0 Å². The van der Waals surface area contributed by atoms with Gasteiger partial charge in [-0.2, -0.15) is 0 Å². The van der Waals surface area contributed by atoms with E-state index in [0.717, 1.165) is 6.16 Å². The summed E-state index contributed by atoms with van der Waals surface area (Å²) in [7, 11) is -2.32. The van der Waals surface area contributed by atoms with Crippen LogP contribution in [0, 0.1) is 11.1 Å². The number of hydrogen-bond donors (Lipinski definition) is 1. The molecule has 3 nitrogen and oxygen atoms in total. The monoisotopic (exact) mass is 237 g/mol. The van der Waals surface area contributed by atoms with E-state index < -0.39 is 7.56 Å². The number of halogens is 1. The first-order valence-corrected chi connectivity index (χ1v) is 7.55. The summed E-state index contributed by atoms with van der Waals surface area (Å²) in [4.78, 5) is 0. The molecule has 0 heterocycles. The maximum atomic E-state index is 9.27. The van der Waals surface area contributed by atoms with Gasteiger partial charge in [-0.25, -0.2) is 0 Å². The molecular weight excluding hydrogens is 217 g/mol. The third kappa shape index (κ3) is 2.81. The molecule has 0 saturated heterocycles. The van der Waals surface area contributed by atoms with Crippen LogP contribution in [-0.4, -0.2) is 22.9 Å². The molecule has 0 rings (SSSR count). The van der Waals surface area contributed by atoms with Crippen molar-refractivity contribution in [2.24, 2.45) is 0 Å². The van der Waals surface area contributed by atoms with Crippen LogP contribution < -0.4 is 4.61 Å². The van der Waals surface area contributed by atoms with E-state index in [1.807, 2.05) is 6.92 Å². The first-order chi connectivity index (χ1) is 6.45. The van der Waals surface area contributed by atoms with E-state index in [9.17, 15) is 5.26 Å². The zero-order chi connectivity index (χ0) is 11.4. The van der Waals surface area contributed by atoms with Gasteiger partial charge in [-0.1, -0.05) is 0 Å². The van der Waals surface area contributed by atoms with Crippen LogP contribution >= 0.6 is 19.3 Å². The van der Waals surface area contributed by atoms with Crippen LogP contribution in [0.25, 0.3) is 0 Å². The van der Waals surface area contributed by atoms with E-state index in [-0.39, 0.29) is 0 Å². The molecule has 0 bridgehead atoms. The summed E-state index contributed by atoms with van der Waals surface area (Å²) in [6, 6.07) is 0.681. The van der Waals surface area contributed by atoms with Gasteiger partial charge in [0.2, 0.25) is 0 Å². The maximum absolute atomic E-state index is 9.27. The van der Waals surface area contributed by atoms with Crippen molar-refractivity contribution >= 4 is 19.3 Å². The first-order valence-electron chi connectivity index (χ1n) is 5.02. The second-order valence-corrected chi connectivity index (χ2v) is 7.94. The number of nitrogens with one attached hydrogen (secondary N) is 1. The fourth-order valence-electron chi connectivity index (χ4n) is 1.93. The number of nitrogens with zero attached hydrogens (tertiary/aromatic N) is 2. The van der Waals surface area contributed by atoms with Crippen molar-refractivity contribution in [2.75, 3.05) is 6.16 Å². The molecule has 84 valence electrons. The quantitative estimate of drug-likeness (QED) is 0.590. The third-order valence-corrected chi connectivity index (χ3v) is 6.96. The Bertz CT molecular complexity index is 201. The second kappa shape index (κ2) is 5.88. The van der Waals surface area contributed by atoms with Gasteiger partial charge in [0.15, 0.2) is 0 Å². The van der Waals surface area contributed by atoms with E-state index in [2.05, 4.69) is 42.8 Å². The molecule has 1 N–H and O–H groups in total. The molecule has 0 spiro atoms. The van der Waals surface area contributed by atoms with Crippen molar-refractivity contribution < 1.29 is 0 Å². The molecule has 0 aromatic heterocycles. The van der Waals surface area contributed by atoms with Gasteiger partial charge in [0.05, 0.1) is 0 Å². The summed E-state index contributed by atoms with van der Waals surface area (Å²) in [5.41, 5.74) is 0. The average Bonchev–Trinajstić information content (AvgIpc) is 2.12. The van der Waals surface area contributed by atoms with Crippen LogP contribution in [0.15, 0.2) is 0 Å². The van der Waals surface area contributed by atoms with Gasteiger partial charge in [0.25, 0.3) is 0 Å². The summed E-state index contributed by atoms with van der Waals surface area (Å²) in [5.74, 6) is 2.40. The van der Waals surface area contributed by atoms with Crippen molar-refractivity contribution in [1.29, 1.82) is 5.26 Å². The van der Waals surface area contributed by atoms with Gasteiger partial charge in [-0.05, 0) is 0 Å². The fourth-order valence-corrected chi connectivity index (χ4v) is 5.43. The molecule has 0 fully saturated rings. The molecule has 0 aliphatic carbocycles. The predicted octanol–water partition coefficient (Wildman–Crippen LogP) is 2.93. The summed E-state index contributed by atoms with van der Waals surface area (Å²) in [5, 5.41) is 9.27. The Balaban J connectivity index is 5.03. The molecule has 0 aliphatic rings. The van der Waals surface area contributed by atoms with Crippen molar-refractivity contribution in [2.45, 2.75) is 46.7 Å². The van der Waals surface area contributed by atoms with Gasteiger partial charge in [0, 0.05) is 0 Å². The second-order valence-electron chi connectivity index (χ2n) is 4.01. The minimum atomic E-state index is -2.32. The van der Waals surface area contributed by atoms with Crippen molar-refractivity contribution in [3.05, 3.63) is 0 Å². The molecule has 0 amide bonds. The molecule has 0 saturated carbocycles. The van der Waals surface area contributed by atoms with Crippen LogP contribution in [0.5, 0.6) is 0 Å². The first kappa shape index (κ1) is 14.1.